The number of carbonyl (C=O) groups excluding carboxylic acids is 1. The third-order valence-corrected chi connectivity index (χ3v) is 7.88. The summed E-state index contributed by atoms with van der Waals surface area (Å²) in [6.07, 6.45) is 11.8. The van der Waals surface area contributed by atoms with Gasteiger partial charge in [0.2, 0.25) is 5.91 Å². The van der Waals surface area contributed by atoms with Crippen molar-refractivity contribution in [2.75, 3.05) is 27.2 Å². The Kier molecular flexibility index (Phi) is 7.73. The Labute approximate surface area is 193 Å². The molecule has 29 heavy (non-hydrogen) atoms. The van der Waals surface area contributed by atoms with Gasteiger partial charge in [0.1, 0.15) is 6.54 Å². The average molecular weight is 518 g/mol. The minimum atomic E-state index is 0. The first kappa shape index (κ1) is 23.1. The van der Waals surface area contributed by atoms with Gasteiger partial charge in [-0.2, -0.15) is 0 Å². The van der Waals surface area contributed by atoms with E-state index in [1.165, 1.54) is 51.4 Å². The minimum absolute atomic E-state index is 0. The van der Waals surface area contributed by atoms with E-state index < -0.39 is 0 Å². The molecule has 166 valence electrons. The standard InChI is InChI=1S/C22H38N4O2.HI/c1-15-8-4-5-9-17(15)24-21(23-14-18(27)26(2)3)25-19-16-10-13-28-20(16)22(19)11-6-7-12-22;/h15-17,19-20H,4-14H2,1-3H3,(H2,23,24,25);1H. The van der Waals surface area contributed by atoms with Crippen LogP contribution < -0.4 is 10.6 Å². The summed E-state index contributed by atoms with van der Waals surface area (Å²) in [6, 6.07) is 0.881. The zero-order chi connectivity index (χ0) is 19.7. The Balaban J connectivity index is 0.00000240. The predicted octanol–water partition coefficient (Wildman–Crippen LogP) is 3.15. The summed E-state index contributed by atoms with van der Waals surface area (Å²) in [5.41, 5.74) is 0.285. The fourth-order valence-electron chi connectivity index (χ4n) is 6.18. The molecule has 1 amide bonds. The molecule has 0 aromatic heterocycles. The lowest BCUT2D eigenvalue weighted by Crippen LogP contribution is -2.69. The number of rotatable bonds is 4. The quantitative estimate of drug-likeness (QED) is 0.341. The largest absolute Gasteiger partial charge is 0.377 e. The van der Waals surface area contributed by atoms with Gasteiger partial charge in [0, 0.05) is 44.1 Å². The van der Waals surface area contributed by atoms with E-state index in [0.29, 0.717) is 30.0 Å². The Bertz CT molecular complexity index is 606. The highest BCUT2D eigenvalue weighted by molar-refractivity contribution is 14.0. The molecule has 5 atom stereocenters. The van der Waals surface area contributed by atoms with E-state index in [0.717, 1.165) is 19.0 Å². The van der Waals surface area contributed by atoms with Gasteiger partial charge in [-0.3, -0.25) is 4.79 Å². The van der Waals surface area contributed by atoms with Crippen molar-refractivity contribution in [3.63, 3.8) is 0 Å². The number of nitrogens with one attached hydrogen (secondary N) is 2. The van der Waals surface area contributed by atoms with Crippen LogP contribution in [-0.4, -0.2) is 62.2 Å². The highest BCUT2D eigenvalue weighted by atomic mass is 127. The molecule has 1 spiro atoms. The second-order valence-corrected chi connectivity index (χ2v) is 9.77. The van der Waals surface area contributed by atoms with Gasteiger partial charge in [-0.25, -0.2) is 4.99 Å². The molecule has 6 nitrogen and oxygen atoms in total. The molecule has 2 N–H and O–H groups in total. The van der Waals surface area contributed by atoms with Gasteiger partial charge in [0.05, 0.1) is 6.10 Å². The Morgan fingerprint density at radius 3 is 2.52 bits per heavy atom. The van der Waals surface area contributed by atoms with Gasteiger partial charge in [-0.15, -0.1) is 24.0 Å². The fraction of sp³-hybridized carbons (Fsp3) is 0.909. The summed E-state index contributed by atoms with van der Waals surface area (Å²) in [7, 11) is 3.59. The number of halogens is 1. The van der Waals surface area contributed by atoms with Gasteiger partial charge in [-0.1, -0.05) is 32.6 Å². The number of amides is 1. The first-order valence-corrected chi connectivity index (χ1v) is 11.4. The molecular formula is C22H39IN4O2. The van der Waals surface area contributed by atoms with E-state index in [-0.39, 0.29) is 41.8 Å². The van der Waals surface area contributed by atoms with Crippen molar-refractivity contribution in [2.45, 2.75) is 82.9 Å². The van der Waals surface area contributed by atoms with Gasteiger partial charge in [0.15, 0.2) is 5.96 Å². The lowest BCUT2D eigenvalue weighted by atomic mass is 9.54. The first-order valence-electron chi connectivity index (χ1n) is 11.4. The molecule has 4 fully saturated rings. The number of hydrogen-bond acceptors (Lipinski definition) is 3. The van der Waals surface area contributed by atoms with Crippen LogP contribution in [0.2, 0.25) is 0 Å². The summed E-state index contributed by atoms with van der Waals surface area (Å²) >= 11 is 0. The van der Waals surface area contributed by atoms with Crippen molar-refractivity contribution < 1.29 is 9.53 Å². The van der Waals surface area contributed by atoms with Crippen molar-refractivity contribution in [3.8, 4) is 0 Å². The summed E-state index contributed by atoms with van der Waals surface area (Å²) in [6.45, 7) is 3.43. The van der Waals surface area contributed by atoms with E-state index in [1.807, 2.05) is 0 Å². The summed E-state index contributed by atoms with van der Waals surface area (Å²) in [5, 5.41) is 7.52. The Hall–Kier alpha value is -0.570. The van der Waals surface area contributed by atoms with Crippen molar-refractivity contribution >= 4 is 35.8 Å². The first-order chi connectivity index (χ1) is 13.5. The van der Waals surface area contributed by atoms with E-state index in [2.05, 4.69) is 17.6 Å². The highest BCUT2D eigenvalue weighted by Crippen LogP contribution is 2.60. The van der Waals surface area contributed by atoms with Gasteiger partial charge < -0.3 is 20.3 Å². The molecule has 0 bridgehead atoms. The van der Waals surface area contributed by atoms with E-state index >= 15 is 0 Å². The number of nitrogens with zero attached hydrogens (tertiary/aromatic N) is 2. The maximum Gasteiger partial charge on any atom is 0.243 e. The summed E-state index contributed by atoms with van der Waals surface area (Å²) < 4.78 is 6.14. The lowest BCUT2D eigenvalue weighted by Gasteiger charge is -2.57. The minimum Gasteiger partial charge on any atom is -0.377 e. The molecular weight excluding hydrogens is 479 g/mol. The van der Waals surface area contributed by atoms with Crippen molar-refractivity contribution in [2.24, 2.45) is 22.2 Å². The number of carbonyl (C=O) groups is 1. The Morgan fingerprint density at radius 1 is 1.10 bits per heavy atom. The molecule has 1 heterocycles. The smallest absolute Gasteiger partial charge is 0.243 e. The maximum absolute atomic E-state index is 12.1. The van der Waals surface area contributed by atoms with Crippen LogP contribution in [0.5, 0.6) is 0 Å². The molecule has 3 saturated carbocycles. The van der Waals surface area contributed by atoms with Crippen molar-refractivity contribution in [3.05, 3.63) is 0 Å². The van der Waals surface area contributed by atoms with Crippen LogP contribution in [-0.2, 0) is 9.53 Å². The van der Waals surface area contributed by atoms with Crippen LogP contribution in [0, 0.1) is 17.3 Å². The molecule has 5 unspecified atom stereocenters. The van der Waals surface area contributed by atoms with E-state index in [9.17, 15) is 4.79 Å². The monoisotopic (exact) mass is 518 g/mol. The Morgan fingerprint density at radius 2 is 1.83 bits per heavy atom. The molecule has 3 aliphatic carbocycles. The highest BCUT2D eigenvalue weighted by Gasteiger charge is 2.65. The van der Waals surface area contributed by atoms with Crippen LogP contribution in [0.4, 0.5) is 0 Å². The molecule has 7 heteroatoms. The van der Waals surface area contributed by atoms with E-state index in [4.69, 9.17) is 9.73 Å². The van der Waals surface area contributed by atoms with Crippen molar-refractivity contribution in [1.29, 1.82) is 0 Å². The molecule has 0 radical (unpaired) electrons. The molecule has 4 rings (SSSR count). The van der Waals surface area contributed by atoms with E-state index in [1.54, 1.807) is 19.0 Å². The van der Waals surface area contributed by atoms with Gasteiger partial charge >= 0.3 is 0 Å². The molecule has 0 aromatic rings. The predicted molar refractivity (Wildman–Crippen MR) is 127 cm³/mol. The number of likely N-dealkylation sites (N-methyl/N-ethyl adjacent to an activating group) is 1. The topological polar surface area (TPSA) is 66.0 Å². The lowest BCUT2D eigenvalue weighted by molar-refractivity contribution is -0.127. The number of ether oxygens (including phenoxy) is 1. The average Bonchev–Trinajstić information content (AvgIpc) is 3.33. The third kappa shape index (κ3) is 4.55. The maximum atomic E-state index is 12.1. The zero-order valence-corrected chi connectivity index (χ0v) is 20.6. The summed E-state index contributed by atoms with van der Waals surface area (Å²) in [5.74, 6) is 2.13. The SMILES string of the molecule is CC1CCCCC1NC(=NCC(=O)N(C)C)NC1C2CCOC2C12CCCC2.I. The summed E-state index contributed by atoms with van der Waals surface area (Å²) in [4.78, 5) is 18.5. The van der Waals surface area contributed by atoms with Crippen LogP contribution in [0.25, 0.3) is 0 Å². The molecule has 4 aliphatic rings. The van der Waals surface area contributed by atoms with Crippen LogP contribution in [0.1, 0.15) is 64.7 Å². The van der Waals surface area contributed by atoms with Crippen LogP contribution in [0.3, 0.4) is 0 Å². The number of hydrogen-bond donors (Lipinski definition) is 2. The fourth-order valence-corrected chi connectivity index (χ4v) is 6.18. The van der Waals surface area contributed by atoms with Gasteiger partial charge in [-0.05, 0) is 38.0 Å². The normalized spacial score (nSPS) is 35.4. The molecule has 0 aromatic carbocycles. The third-order valence-electron chi connectivity index (χ3n) is 7.88. The number of fused-ring (bicyclic) bond motifs is 2. The van der Waals surface area contributed by atoms with Crippen molar-refractivity contribution in [1.82, 2.24) is 15.5 Å². The molecule has 1 aliphatic heterocycles. The van der Waals surface area contributed by atoms with Gasteiger partial charge in [0.25, 0.3) is 0 Å². The van der Waals surface area contributed by atoms with Crippen LogP contribution in [0.15, 0.2) is 4.99 Å². The zero-order valence-electron chi connectivity index (χ0n) is 18.3. The second kappa shape index (κ2) is 9.71. The molecule has 1 saturated heterocycles. The second-order valence-electron chi connectivity index (χ2n) is 9.77. The number of guanidine groups is 1. The van der Waals surface area contributed by atoms with Crippen LogP contribution >= 0.6 is 24.0 Å². The number of aliphatic imine (C=N–C) groups is 1.